The molecule has 1 aromatic heterocycles. The van der Waals surface area contributed by atoms with Crippen LogP contribution in [0.5, 0.6) is 5.75 Å². The molecule has 1 atom stereocenters. The second kappa shape index (κ2) is 6.47. The summed E-state index contributed by atoms with van der Waals surface area (Å²) in [5.74, 6) is -1.42. The fourth-order valence-corrected chi connectivity index (χ4v) is 2.53. The Bertz CT molecular complexity index is 972. The molecule has 25 heavy (non-hydrogen) atoms. The Morgan fingerprint density at radius 2 is 1.76 bits per heavy atom. The highest BCUT2D eigenvalue weighted by Gasteiger charge is 2.14. The highest BCUT2D eigenvalue weighted by molar-refractivity contribution is 5.97. The van der Waals surface area contributed by atoms with Crippen LogP contribution in [0.3, 0.4) is 0 Å². The molecule has 128 valence electrons. The Kier molecular flexibility index (Phi) is 4.35. The third-order valence-electron chi connectivity index (χ3n) is 4.16. The number of halogens is 1. The molecule has 6 heteroatoms. The third-order valence-corrected chi connectivity index (χ3v) is 4.16. The number of phenolic OH excluding ortho intramolecular Hbond substituents is 1. The van der Waals surface area contributed by atoms with Crippen LogP contribution in [0.4, 0.5) is 4.39 Å². The maximum absolute atomic E-state index is 13.5. The van der Waals surface area contributed by atoms with Crippen molar-refractivity contribution in [3.8, 4) is 5.75 Å². The number of hydrogen-bond acceptors (Lipinski definition) is 4. The van der Waals surface area contributed by atoms with E-state index in [1.165, 1.54) is 12.1 Å². The molecular weight excluding hydrogens is 321 g/mol. The fourth-order valence-electron chi connectivity index (χ4n) is 2.53. The molecule has 2 aromatic carbocycles. The Labute approximate surface area is 144 Å². The maximum atomic E-state index is 13.5. The summed E-state index contributed by atoms with van der Waals surface area (Å²) in [4.78, 5) is 21.4. The van der Waals surface area contributed by atoms with Gasteiger partial charge in [-0.25, -0.2) is 14.4 Å². The quantitative estimate of drug-likeness (QED) is 0.765. The van der Waals surface area contributed by atoms with Crippen LogP contribution < -0.4 is 5.32 Å². The summed E-state index contributed by atoms with van der Waals surface area (Å²) in [5, 5.41) is 12.1. The van der Waals surface area contributed by atoms with Gasteiger partial charge >= 0.3 is 0 Å². The molecule has 0 aliphatic heterocycles. The normalized spacial score (nSPS) is 12.2. The predicted octanol–water partition coefficient (Wildman–Crippen LogP) is 3.58. The minimum absolute atomic E-state index is 0.289. The number of carbonyl (C=O) groups excluding carboxylic acids is 1. The number of aromatic nitrogens is 2. The lowest BCUT2D eigenvalue weighted by Crippen LogP contribution is -2.26. The van der Waals surface area contributed by atoms with E-state index in [4.69, 9.17) is 0 Å². The number of aryl methyl sites for hydroxylation is 2. The summed E-state index contributed by atoms with van der Waals surface area (Å²) in [6.45, 7) is 5.51. The van der Waals surface area contributed by atoms with Crippen LogP contribution in [0.1, 0.15) is 40.3 Å². The number of rotatable bonds is 3. The van der Waals surface area contributed by atoms with Crippen molar-refractivity contribution < 1.29 is 14.3 Å². The number of amides is 1. The van der Waals surface area contributed by atoms with Gasteiger partial charge in [-0.15, -0.1) is 0 Å². The summed E-state index contributed by atoms with van der Waals surface area (Å²) in [6, 6.07) is 8.77. The molecule has 0 aliphatic carbocycles. The van der Waals surface area contributed by atoms with E-state index in [2.05, 4.69) is 15.3 Å². The van der Waals surface area contributed by atoms with Crippen molar-refractivity contribution in [3.05, 3.63) is 64.7 Å². The molecule has 0 radical (unpaired) electrons. The van der Waals surface area contributed by atoms with Crippen LogP contribution in [-0.2, 0) is 0 Å². The first-order valence-corrected chi connectivity index (χ1v) is 7.89. The van der Waals surface area contributed by atoms with Gasteiger partial charge in [-0.1, -0.05) is 6.07 Å². The van der Waals surface area contributed by atoms with Gasteiger partial charge in [-0.05, 0) is 56.7 Å². The van der Waals surface area contributed by atoms with E-state index in [1.807, 2.05) is 13.8 Å². The highest BCUT2D eigenvalue weighted by Crippen LogP contribution is 2.21. The third kappa shape index (κ3) is 3.42. The zero-order chi connectivity index (χ0) is 18.1. The minimum Gasteiger partial charge on any atom is -0.505 e. The lowest BCUT2D eigenvalue weighted by Gasteiger charge is -2.15. The van der Waals surface area contributed by atoms with Crippen LogP contribution in [-0.4, -0.2) is 21.0 Å². The lowest BCUT2D eigenvalue weighted by molar-refractivity contribution is 0.0940. The van der Waals surface area contributed by atoms with Gasteiger partial charge < -0.3 is 10.4 Å². The van der Waals surface area contributed by atoms with Crippen LogP contribution in [0.2, 0.25) is 0 Å². The van der Waals surface area contributed by atoms with Gasteiger partial charge in [-0.3, -0.25) is 4.79 Å². The lowest BCUT2D eigenvalue weighted by atomic mass is 10.1. The van der Waals surface area contributed by atoms with Crippen LogP contribution >= 0.6 is 0 Å². The molecule has 1 heterocycles. The Hall–Kier alpha value is -3.02. The van der Waals surface area contributed by atoms with Gasteiger partial charge in [0.1, 0.15) is 0 Å². The number of benzene rings is 2. The summed E-state index contributed by atoms with van der Waals surface area (Å²) in [7, 11) is 0. The van der Waals surface area contributed by atoms with Crippen molar-refractivity contribution in [2.24, 2.45) is 0 Å². The molecule has 3 rings (SSSR count). The summed E-state index contributed by atoms with van der Waals surface area (Å²) < 4.78 is 13.5. The Morgan fingerprint density at radius 3 is 2.44 bits per heavy atom. The Morgan fingerprint density at radius 1 is 1.08 bits per heavy atom. The molecular formula is C19H18FN3O2. The standard InChI is InChI=1S/C19H18FN3O2/c1-10-11(2)22-17-9-14(4-6-16(17)21-10)19(25)23-12(3)13-5-7-18(24)15(20)8-13/h4-9,12,24H,1-3H3,(H,23,25)/t12-/m1/s1. The number of phenols is 1. The van der Waals surface area contributed by atoms with Crippen molar-refractivity contribution in [2.75, 3.05) is 0 Å². The number of hydrogen-bond donors (Lipinski definition) is 2. The monoisotopic (exact) mass is 339 g/mol. The number of nitrogens with zero attached hydrogens (tertiary/aromatic N) is 2. The van der Waals surface area contributed by atoms with Crippen molar-refractivity contribution in [1.82, 2.24) is 15.3 Å². The van der Waals surface area contributed by atoms with Crippen LogP contribution in [0, 0.1) is 19.7 Å². The molecule has 0 fully saturated rings. The first kappa shape index (κ1) is 16.8. The molecule has 1 amide bonds. The zero-order valence-corrected chi connectivity index (χ0v) is 14.2. The first-order chi connectivity index (χ1) is 11.8. The topological polar surface area (TPSA) is 75.1 Å². The molecule has 0 unspecified atom stereocenters. The average Bonchev–Trinajstić information content (AvgIpc) is 2.57. The van der Waals surface area contributed by atoms with E-state index in [-0.39, 0.29) is 5.91 Å². The number of fused-ring (bicyclic) bond motifs is 1. The van der Waals surface area contributed by atoms with Crippen molar-refractivity contribution >= 4 is 16.9 Å². The molecule has 0 saturated heterocycles. The first-order valence-electron chi connectivity index (χ1n) is 7.89. The number of aromatic hydroxyl groups is 1. The molecule has 0 spiro atoms. The SMILES string of the molecule is Cc1nc2ccc(C(=O)N[C@H](C)c3ccc(O)c(F)c3)cc2nc1C. The van der Waals surface area contributed by atoms with Gasteiger partial charge in [0.25, 0.3) is 5.91 Å². The zero-order valence-electron chi connectivity index (χ0n) is 14.2. The fraction of sp³-hybridized carbons (Fsp3) is 0.211. The van der Waals surface area contributed by atoms with E-state index in [0.29, 0.717) is 16.6 Å². The van der Waals surface area contributed by atoms with Gasteiger partial charge in [0.15, 0.2) is 11.6 Å². The van der Waals surface area contributed by atoms with Gasteiger partial charge in [0, 0.05) is 5.56 Å². The molecule has 2 N–H and O–H groups in total. The average molecular weight is 339 g/mol. The summed E-state index contributed by atoms with van der Waals surface area (Å²) in [5.41, 5.74) is 4.07. The maximum Gasteiger partial charge on any atom is 0.251 e. The largest absolute Gasteiger partial charge is 0.505 e. The van der Waals surface area contributed by atoms with E-state index in [0.717, 1.165) is 16.9 Å². The van der Waals surface area contributed by atoms with E-state index >= 15 is 0 Å². The molecule has 5 nitrogen and oxygen atoms in total. The Balaban J connectivity index is 1.83. The molecule has 0 saturated carbocycles. The van der Waals surface area contributed by atoms with Gasteiger partial charge in [0.05, 0.1) is 28.5 Å². The molecule has 0 bridgehead atoms. The van der Waals surface area contributed by atoms with Crippen LogP contribution in [0.25, 0.3) is 11.0 Å². The molecule has 3 aromatic rings. The van der Waals surface area contributed by atoms with Gasteiger partial charge in [0.2, 0.25) is 0 Å². The van der Waals surface area contributed by atoms with E-state index < -0.39 is 17.6 Å². The molecule has 0 aliphatic rings. The van der Waals surface area contributed by atoms with Gasteiger partial charge in [-0.2, -0.15) is 0 Å². The van der Waals surface area contributed by atoms with Crippen LogP contribution in [0.15, 0.2) is 36.4 Å². The summed E-state index contributed by atoms with van der Waals surface area (Å²) in [6.07, 6.45) is 0. The number of nitrogens with one attached hydrogen (secondary N) is 1. The minimum atomic E-state index is -0.717. The van der Waals surface area contributed by atoms with E-state index in [9.17, 15) is 14.3 Å². The van der Waals surface area contributed by atoms with Crippen molar-refractivity contribution in [1.29, 1.82) is 0 Å². The summed E-state index contributed by atoms with van der Waals surface area (Å²) >= 11 is 0. The second-order valence-corrected chi connectivity index (χ2v) is 6.00. The smallest absolute Gasteiger partial charge is 0.251 e. The van der Waals surface area contributed by atoms with E-state index in [1.54, 1.807) is 31.2 Å². The van der Waals surface area contributed by atoms with Crippen molar-refractivity contribution in [3.63, 3.8) is 0 Å². The number of carbonyl (C=O) groups is 1. The second-order valence-electron chi connectivity index (χ2n) is 6.00. The van der Waals surface area contributed by atoms with Crippen molar-refractivity contribution in [2.45, 2.75) is 26.8 Å². The predicted molar refractivity (Wildman–Crippen MR) is 93.0 cm³/mol. The highest BCUT2D eigenvalue weighted by atomic mass is 19.1.